The molecule has 2 aromatic rings. The molecule has 0 aliphatic carbocycles. The van der Waals surface area contributed by atoms with E-state index in [2.05, 4.69) is 10.6 Å². The monoisotopic (exact) mass is 358 g/mol. The van der Waals surface area contributed by atoms with E-state index in [0.29, 0.717) is 11.6 Å². The molecular weight excluding hydrogens is 336 g/mol. The fraction of sp³-hybridized carbons (Fsp3) is 0.300. The van der Waals surface area contributed by atoms with Crippen molar-refractivity contribution < 1.29 is 9.59 Å². The lowest BCUT2D eigenvalue weighted by molar-refractivity contribution is -0.138. The molecule has 0 saturated carbocycles. The molecule has 25 heavy (non-hydrogen) atoms. The van der Waals surface area contributed by atoms with Gasteiger partial charge in [-0.1, -0.05) is 41.9 Å². The van der Waals surface area contributed by atoms with Gasteiger partial charge in [0, 0.05) is 17.3 Å². The van der Waals surface area contributed by atoms with Gasteiger partial charge in [-0.05, 0) is 56.5 Å². The minimum absolute atomic E-state index is 0.328. The zero-order valence-corrected chi connectivity index (χ0v) is 15.7. The van der Waals surface area contributed by atoms with Crippen molar-refractivity contribution >= 4 is 29.1 Å². The van der Waals surface area contributed by atoms with E-state index in [-0.39, 0.29) is 11.8 Å². The Morgan fingerprint density at radius 1 is 0.960 bits per heavy atom. The number of nitrogens with one attached hydrogen (secondary N) is 2. The first-order valence-electron chi connectivity index (χ1n) is 8.12. The standard InChI is InChI=1S/C20H23ClN2O2/c1-13-6-5-7-14(2)17(13)23-19(25)20(3,4)18(24)22-12-15-8-10-16(21)11-9-15/h5-11H,12H2,1-4H3,(H,22,24)(H,23,25). The van der Waals surface area contributed by atoms with Crippen LogP contribution in [0.5, 0.6) is 0 Å². The van der Waals surface area contributed by atoms with Crippen molar-refractivity contribution in [3.8, 4) is 0 Å². The number of halogens is 1. The highest BCUT2D eigenvalue weighted by Gasteiger charge is 2.36. The smallest absolute Gasteiger partial charge is 0.239 e. The van der Waals surface area contributed by atoms with Crippen LogP contribution in [0, 0.1) is 19.3 Å². The number of carbonyl (C=O) groups is 2. The zero-order valence-electron chi connectivity index (χ0n) is 14.9. The van der Waals surface area contributed by atoms with E-state index >= 15 is 0 Å². The van der Waals surface area contributed by atoms with Gasteiger partial charge in [-0.15, -0.1) is 0 Å². The molecule has 0 bridgehead atoms. The van der Waals surface area contributed by atoms with Gasteiger partial charge in [0.1, 0.15) is 5.41 Å². The van der Waals surface area contributed by atoms with Gasteiger partial charge in [-0.3, -0.25) is 9.59 Å². The van der Waals surface area contributed by atoms with Crippen molar-refractivity contribution in [1.29, 1.82) is 0 Å². The highest BCUT2D eigenvalue weighted by Crippen LogP contribution is 2.24. The number of para-hydroxylation sites is 1. The van der Waals surface area contributed by atoms with Crippen molar-refractivity contribution in [3.05, 3.63) is 64.2 Å². The number of rotatable bonds is 5. The van der Waals surface area contributed by atoms with Gasteiger partial charge in [0.15, 0.2) is 0 Å². The van der Waals surface area contributed by atoms with Gasteiger partial charge < -0.3 is 10.6 Å². The molecule has 0 aliphatic heterocycles. The van der Waals surface area contributed by atoms with Crippen LogP contribution < -0.4 is 10.6 Å². The van der Waals surface area contributed by atoms with Crippen molar-refractivity contribution in [2.24, 2.45) is 5.41 Å². The average molecular weight is 359 g/mol. The summed E-state index contributed by atoms with van der Waals surface area (Å²) in [6, 6.07) is 13.0. The minimum atomic E-state index is -1.19. The highest BCUT2D eigenvalue weighted by atomic mass is 35.5. The van der Waals surface area contributed by atoms with E-state index in [0.717, 1.165) is 22.4 Å². The molecule has 0 aliphatic rings. The molecule has 0 spiro atoms. The van der Waals surface area contributed by atoms with Crippen LogP contribution in [-0.2, 0) is 16.1 Å². The zero-order chi connectivity index (χ0) is 18.6. The van der Waals surface area contributed by atoms with Crippen molar-refractivity contribution in [3.63, 3.8) is 0 Å². The molecule has 2 N–H and O–H groups in total. The maximum atomic E-state index is 12.6. The predicted molar refractivity (Wildman–Crippen MR) is 102 cm³/mol. The Balaban J connectivity index is 2.04. The average Bonchev–Trinajstić information content (AvgIpc) is 2.57. The molecule has 0 atom stereocenters. The maximum absolute atomic E-state index is 12.6. The number of amides is 2. The number of benzene rings is 2. The Kier molecular flexibility index (Phi) is 5.85. The number of hydrogen-bond donors (Lipinski definition) is 2. The first-order valence-corrected chi connectivity index (χ1v) is 8.50. The van der Waals surface area contributed by atoms with Crippen LogP contribution in [-0.4, -0.2) is 11.8 Å². The normalized spacial score (nSPS) is 11.1. The van der Waals surface area contributed by atoms with Crippen LogP contribution in [0.4, 0.5) is 5.69 Å². The molecule has 0 radical (unpaired) electrons. The minimum Gasteiger partial charge on any atom is -0.351 e. The molecule has 0 unspecified atom stereocenters. The molecule has 132 valence electrons. The SMILES string of the molecule is Cc1cccc(C)c1NC(=O)C(C)(C)C(=O)NCc1ccc(Cl)cc1. The van der Waals surface area contributed by atoms with E-state index in [1.807, 2.05) is 44.2 Å². The molecule has 2 aromatic carbocycles. The summed E-state index contributed by atoms with van der Waals surface area (Å²) in [6.07, 6.45) is 0. The first kappa shape index (κ1) is 19.0. The number of carbonyl (C=O) groups excluding carboxylic acids is 2. The quantitative estimate of drug-likeness (QED) is 0.785. The summed E-state index contributed by atoms with van der Waals surface area (Å²) in [4.78, 5) is 25.2. The first-order chi connectivity index (χ1) is 11.7. The Labute approximate surface area is 153 Å². The van der Waals surface area contributed by atoms with Gasteiger partial charge in [-0.2, -0.15) is 0 Å². The summed E-state index contributed by atoms with van der Waals surface area (Å²) >= 11 is 5.85. The summed E-state index contributed by atoms with van der Waals surface area (Å²) in [6.45, 7) is 7.43. The van der Waals surface area contributed by atoms with Crippen LogP contribution in [0.25, 0.3) is 0 Å². The highest BCUT2D eigenvalue weighted by molar-refractivity contribution is 6.30. The Morgan fingerprint density at radius 3 is 2.08 bits per heavy atom. The second-order valence-corrected chi connectivity index (χ2v) is 7.09. The molecule has 0 saturated heterocycles. The molecule has 0 fully saturated rings. The lowest BCUT2D eigenvalue weighted by Crippen LogP contribution is -2.45. The second-order valence-electron chi connectivity index (χ2n) is 6.66. The largest absolute Gasteiger partial charge is 0.351 e. The number of anilines is 1. The van der Waals surface area contributed by atoms with E-state index < -0.39 is 5.41 Å². The van der Waals surface area contributed by atoms with Crippen molar-refractivity contribution in [2.75, 3.05) is 5.32 Å². The van der Waals surface area contributed by atoms with Crippen molar-refractivity contribution in [2.45, 2.75) is 34.2 Å². The summed E-state index contributed by atoms with van der Waals surface area (Å²) in [5.74, 6) is -0.662. The summed E-state index contributed by atoms with van der Waals surface area (Å²) in [5.41, 5.74) is 2.41. The Bertz CT molecular complexity index is 763. The molecule has 0 heterocycles. The van der Waals surface area contributed by atoms with E-state index in [1.54, 1.807) is 26.0 Å². The van der Waals surface area contributed by atoms with Crippen LogP contribution in [0.2, 0.25) is 5.02 Å². The predicted octanol–water partition coefficient (Wildman–Crippen LogP) is 4.24. The summed E-state index contributed by atoms with van der Waals surface area (Å²) in [5, 5.41) is 6.34. The molecular formula is C20H23ClN2O2. The summed E-state index contributed by atoms with van der Waals surface area (Å²) in [7, 11) is 0. The van der Waals surface area contributed by atoms with Gasteiger partial charge in [0.05, 0.1) is 0 Å². The third-order valence-corrected chi connectivity index (χ3v) is 4.47. The van der Waals surface area contributed by atoms with Crippen LogP contribution in [0.15, 0.2) is 42.5 Å². The van der Waals surface area contributed by atoms with Crippen LogP contribution in [0.3, 0.4) is 0 Å². The van der Waals surface area contributed by atoms with Gasteiger partial charge in [-0.25, -0.2) is 0 Å². The molecule has 5 heteroatoms. The van der Waals surface area contributed by atoms with E-state index in [4.69, 9.17) is 11.6 Å². The molecule has 2 rings (SSSR count). The van der Waals surface area contributed by atoms with E-state index in [9.17, 15) is 9.59 Å². The third kappa shape index (κ3) is 4.60. The molecule has 2 amide bonds. The van der Waals surface area contributed by atoms with Crippen LogP contribution >= 0.6 is 11.6 Å². The van der Waals surface area contributed by atoms with Gasteiger partial charge in [0.2, 0.25) is 11.8 Å². The lowest BCUT2D eigenvalue weighted by atomic mass is 9.90. The van der Waals surface area contributed by atoms with Gasteiger partial charge in [0.25, 0.3) is 0 Å². The number of hydrogen-bond acceptors (Lipinski definition) is 2. The third-order valence-electron chi connectivity index (χ3n) is 4.22. The lowest BCUT2D eigenvalue weighted by Gasteiger charge is -2.24. The second kappa shape index (κ2) is 7.70. The fourth-order valence-electron chi connectivity index (χ4n) is 2.39. The fourth-order valence-corrected chi connectivity index (χ4v) is 2.52. The molecule has 0 aromatic heterocycles. The topological polar surface area (TPSA) is 58.2 Å². The van der Waals surface area contributed by atoms with E-state index in [1.165, 1.54) is 0 Å². The Morgan fingerprint density at radius 2 is 1.52 bits per heavy atom. The van der Waals surface area contributed by atoms with Crippen LogP contribution in [0.1, 0.15) is 30.5 Å². The molecule has 4 nitrogen and oxygen atoms in total. The maximum Gasteiger partial charge on any atom is 0.239 e. The summed E-state index contributed by atoms with van der Waals surface area (Å²) < 4.78 is 0. The Hall–Kier alpha value is -2.33. The van der Waals surface area contributed by atoms with Gasteiger partial charge >= 0.3 is 0 Å². The number of aryl methyl sites for hydroxylation is 2. The van der Waals surface area contributed by atoms with Crippen molar-refractivity contribution in [1.82, 2.24) is 5.32 Å².